The summed E-state index contributed by atoms with van der Waals surface area (Å²) in [5.74, 6) is 0.291. The van der Waals surface area contributed by atoms with E-state index >= 15 is 0 Å². The predicted molar refractivity (Wildman–Crippen MR) is 62.2 cm³/mol. The molecule has 1 unspecified atom stereocenters. The first-order chi connectivity index (χ1) is 7.60. The summed E-state index contributed by atoms with van der Waals surface area (Å²) < 4.78 is 23.6. The summed E-state index contributed by atoms with van der Waals surface area (Å²) in [7, 11) is 2.94. The van der Waals surface area contributed by atoms with Gasteiger partial charge in [0.25, 0.3) is 0 Å². The van der Waals surface area contributed by atoms with E-state index in [0.717, 1.165) is 0 Å². The Morgan fingerprint density at radius 2 is 2.00 bits per heavy atom. The van der Waals surface area contributed by atoms with Gasteiger partial charge in [0.2, 0.25) is 0 Å². The topological polar surface area (TPSA) is 44.5 Å². The van der Waals surface area contributed by atoms with Crippen molar-refractivity contribution in [1.82, 2.24) is 0 Å². The lowest BCUT2D eigenvalue weighted by molar-refractivity contribution is 0.372. The van der Waals surface area contributed by atoms with Crippen LogP contribution >= 0.6 is 0 Å². The van der Waals surface area contributed by atoms with Gasteiger partial charge in [0.1, 0.15) is 5.75 Å². The van der Waals surface area contributed by atoms with Gasteiger partial charge in [-0.15, -0.1) is 0 Å². The van der Waals surface area contributed by atoms with Gasteiger partial charge >= 0.3 is 0 Å². The molecule has 4 heteroatoms. The van der Waals surface area contributed by atoms with E-state index in [1.54, 1.807) is 18.2 Å². The van der Waals surface area contributed by atoms with Crippen LogP contribution in [0.5, 0.6) is 11.5 Å². The average Bonchev–Trinajstić information content (AvgIpc) is 2.26. The molecule has 0 fully saturated rings. The fraction of sp³-hybridized carbons (Fsp3) is 0.333. The molecule has 0 aromatic heterocycles. The maximum atomic E-state index is 13.4. The number of rotatable bonds is 4. The van der Waals surface area contributed by atoms with Crippen molar-refractivity contribution in [2.75, 3.05) is 14.2 Å². The molecule has 88 valence electrons. The highest BCUT2D eigenvalue weighted by atomic mass is 19.1. The van der Waals surface area contributed by atoms with E-state index < -0.39 is 5.82 Å². The van der Waals surface area contributed by atoms with Crippen LogP contribution in [-0.4, -0.2) is 20.3 Å². The highest BCUT2D eigenvalue weighted by Gasteiger charge is 2.12. The predicted octanol–water partition coefficient (Wildman–Crippen LogP) is 2.20. The largest absolute Gasteiger partial charge is 0.496 e. The fourth-order valence-electron chi connectivity index (χ4n) is 1.35. The van der Waals surface area contributed by atoms with Crippen molar-refractivity contribution in [2.24, 2.45) is 5.73 Å². The molecule has 1 aromatic carbocycles. The molecule has 0 aliphatic carbocycles. The summed E-state index contributed by atoms with van der Waals surface area (Å²) in [4.78, 5) is 0. The van der Waals surface area contributed by atoms with Crippen molar-refractivity contribution in [3.05, 3.63) is 29.6 Å². The van der Waals surface area contributed by atoms with Crippen LogP contribution in [0.25, 0.3) is 6.08 Å². The van der Waals surface area contributed by atoms with Gasteiger partial charge in [-0.3, -0.25) is 0 Å². The van der Waals surface area contributed by atoms with Gasteiger partial charge in [0.05, 0.1) is 19.8 Å². The van der Waals surface area contributed by atoms with E-state index in [1.165, 1.54) is 20.3 Å². The first-order valence-corrected chi connectivity index (χ1v) is 4.94. The SMILES string of the molecule is COc1ccc(F)c(OC)c1/C=C/C(C)N. The Morgan fingerprint density at radius 3 is 2.50 bits per heavy atom. The Hall–Kier alpha value is -1.55. The fourth-order valence-corrected chi connectivity index (χ4v) is 1.35. The van der Waals surface area contributed by atoms with Gasteiger partial charge in [-0.25, -0.2) is 4.39 Å². The Labute approximate surface area is 94.7 Å². The maximum absolute atomic E-state index is 13.4. The first-order valence-electron chi connectivity index (χ1n) is 4.94. The third-order valence-electron chi connectivity index (χ3n) is 2.10. The monoisotopic (exact) mass is 225 g/mol. The van der Waals surface area contributed by atoms with Gasteiger partial charge in [0.15, 0.2) is 11.6 Å². The molecule has 1 aromatic rings. The lowest BCUT2D eigenvalue weighted by Crippen LogP contribution is -2.10. The summed E-state index contributed by atoms with van der Waals surface area (Å²) >= 11 is 0. The number of hydrogen-bond donors (Lipinski definition) is 1. The summed E-state index contributed by atoms with van der Waals surface area (Å²) in [6.45, 7) is 1.83. The zero-order valence-electron chi connectivity index (χ0n) is 9.66. The van der Waals surface area contributed by atoms with Crippen molar-refractivity contribution < 1.29 is 13.9 Å². The van der Waals surface area contributed by atoms with E-state index in [4.69, 9.17) is 15.2 Å². The van der Waals surface area contributed by atoms with Crippen molar-refractivity contribution in [3.63, 3.8) is 0 Å². The van der Waals surface area contributed by atoms with Crippen LogP contribution in [0, 0.1) is 5.82 Å². The van der Waals surface area contributed by atoms with Gasteiger partial charge in [-0.1, -0.05) is 6.08 Å². The van der Waals surface area contributed by atoms with Crippen LogP contribution in [0.3, 0.4) is 0 Å². The molecule has 0 amide bonds. The van der Waals surface area contributed by atoms with Crippen molar-refractivity contribution in [3.8, 4) is 11.5 Å². The molecule has 0 aliphatic heterocycles. The number of benzene rings is 1. The summed E-state index contributed by atoms with van der Waals surface area (Å²) in [6, 6.07) is 2.75. The lowest BCUT2D eigenvalue weighted by Gasteiger charge is -2.11. The molecule has 0 saturated carbocycles. The molecule has 0 aliphatic rings. The van der Waals surface area contributed by atoms with E-state index in [1.807, 2.05) is 6.92 Å². The molecule has 0 spiro atoms. The minimum atomic E-state index is -0.423. The average molecular weight is 225 g/mol. The number of ether oxygens (including phenoxy) is 2. The zero-order valence-corrected chi connectivity index (χ0v) is 9.66. The van der Waals surface area contributed by atoms with Gasteiger partial charge in [-0.2, -0.15) is 0 Å². The van der Waals surface area contributed by atoms with Gasteiger partial charge < -0.3 is 15.2 Å². The molecule has 1 rings (SSSR count). The first kappa shape index (κ1) is 12.5. The molecule has 0 radical (unpaired) electrons. The van der Waals surface area contributed by atoms with Crippen molar-refractivity contribution in [1.29, 1.82) is 0 Å². The van der Waals surface area contributed by atoms with Crippen LogP contribution in [0.15, 0.2) is 18.2 Å². The van der Waals surface area contributed by atoms with E-state index in [-0.39, 0.29) is 11.8 Å². The molecule has 2 N–H and O–H groups in total. The Bertz CT molecular complexity index is 389. The molecule has 16 heavy (non-hydrogen) atoms. The second-order valence-corrected chi connectivity index (χ2v) is 3.41. The molecular weight excluding hydrogens is 209 g/mol. The van der Waals surface area contributed by atoms with E-state index in [0.29, 0.717) is 11.3 Å². The quantitative estimate of drug-likeness (QED) is 0.854. The summed E-state index contributed by atoms with van der Waals surface area (Å²) in [5.41, 5.74) is 6.16. The van der Waals surface area contributed by atoms with Crippen LogP contribution < -0.4 is 15.2 Å². The Morgan fingerprint density at radius 1 is 1.31 bits per heavy atom. The molecule has 0 saturated heterocycles. The van der Waals surface area contributed by atoms with E-state index in [2.05, 4.69) is 0 Å². The smallest absolute Gasteiger partial charge is 0.165 e. The number of nitrogens with two attached hydrogens (primary N) is 1. The third kappa shape index (κ3) is 2.73. The van der Waals surface area contributed by atoms with E-state index in [9.17, 15) is 4.39 Å². The van der Waals surface area contributed by atoms with Crippen molar-refractivity contribution in [2.45, 2.75) is 13.0 Å². The van der Waals surface area contributed by atoms with Crippen LogP contribution in [-0.2, 0) is 0 Å². The normalized spacial score (nSPS) is 12.8. The van der Waals surface area contributed by atoms with Crippen LogP contribution in [0.1, 0.15) is 12.5 Å². The van der Waals surface area contributed by atoms with Crippen molar-refractivity contribution >= 4 is 6.08 Å². The minimum absolute atomic E-state index is 0.113. The number of hydrogen-bond acceptors (Lipinski definition) is 3. The maximum Gasteiger partial charge on any atom is 0.165 e. The summed E-state index contributed by atoms with van der Waals surface area (Å²) in [5, 5.41) is 0. The Balaban J connectivity index is 3.25. The molecule has 0 heterocycles. The Kier molecular flexibility index (Phi) is 4.31. The molecular formula is C12H16FNO2. The van der Waals surface area contributed by atoms with Crippen LogP contribution in [0.4, 0.5) is 4.39 Å². The lowest BCUT2D eigenvalue weighted by atomic mass is 10.1. The highest BCUT2D eigenvalue weighted by molar-refractivity contribution is 5.65. The van der Waals surface area contributed by atoms with Gasteiger partial charge in [-0.05, 0) is 25.1 Å². The molecule has 0 bridgehead atoms. The van der Waals surface area contributed by atoms with Gasteiger partial charge in [0, 0.05) is 6.04 Å². The summed E-state index contributed by atoms with van der Waals surface area (Å²) in [6.07, 6.45) is 3.45. The standard InChI is InChI=1S/C12H16FNO2/c1-8(14)4-5-9-11(15-2)7-6-10(13)12(9)16-3/h4-8H,14H2,1-3H3/b5-4+. The third-order valence-corrected chi connectivity index (χ3v) is 2.10. The second-order valence-electron chi connectivity index (χ2n) is 3.41. The molecule has 1 atom stereocenters. The number of methoxy groups -OCH3 is 2. The minimum Gasteiger partial charge on any atom is -0.496 e. The highest BCUT2D eigenvalue weighted by Crippen LogP contribution is 2.32. The van der Waals surface area contributed by atoms with Crippen LogP contribution in [0.2, 0.25) is 0 Å². The molecule has 3 nitrogen and oxygen atoms in total. The number of halogens is 1. The zero-order chi connectivity index (χ0) is 12.1. The second kappa shape index (κ2) is 5.51.